The van der Waals surface area contributed by atoms with Crippen LogP contribution in [0.25, 0.3) is 0 Å². The lowest BCUT2D eigenvalue weighted by Crippen LogP contribution is -2.48. The highest BCUT2D eigenvalue weighted by atomic mass is 79.9. The van der Waals surface area contributed by atoms with Crippen molar-refractivity contribution in [2.45, 2.75) is 56.5 Å². The van der Waals surface area contributed by atoms with Crippen molar-refractivity contribution in [3.63, 3.8) is 0 Å². The number of hydrogen-bond donors (Lipinski definition) is 5. The third-order valence-corrected chi connectivity index (χ3v) is 10.3. The number of hydrogen-bond acceptors (Lipinski definition) is 8. The zero-order valence-corrected chi connectivity index (χ0v) is 29.5. The number of nitrogens with two attached hydrogens (primary N) is 1. The van der Waals surface area contributed by atoms with Gasteiger partial charge in [-0.05, 0) is 66.8 Å². The van der Waals surface area contributed by atoms with E-state index in [1.165, 1.54) is 41.0 Å². The third kappa shape index (κ3) is 12.4. The Bertz CT molecular complexity index is 1620. The minimum atomic E-state index is -4.90. The van der Waals surface area contributed by atoms with Gasteiger partial charge in [0.05, 0.1) is 11.5 Å². The molecule has 2 amide bonds. The molecule has 6 N–H and O–H groups in total. The van der Waals surface area contributed by atoms with Crippen molar-refractivity contribution in [1.29, 1.82) is 0 Å². The highest BCUT2D eigenvalue weighted by Crippen LogP contribution is 2.37. The van der Waals surface area contributed by atoms with E-state index in [4.69, 9.17) is 10.3 Å². The van der Waals surface area contributed by atoms with Crippen LogP contribution in [0.15, 0.2) is 82.4 Å². The Labute approximate surface area is 283 Å². The number of nitrogen functional groups attached to an aromatic ring is 1. The van der Waals surface area contributed by atoms with Gasteiger partial charge >= 0.3 is 7.82 Å². The molecular weight excluding hydrogens is 713 g/mol. The van der Waals surface area contributed by atoms with Crippen molar-refractivity contribution in [2.24, 2.45) is 5.92 Å². The maximum absolute atomic E-state index is 13.7. The number of sulfonamides is 1. The number of carbonyl (C=O) groups excluding carboxylic acids is 2. The number of phosphoric ester groups is 1. The van der Waals surface area contributed by atoms with Crippen LogP contribution in [0.4, 0.5) is 5.69 Å². The number of carbonyl (C=O) groups is 2. The number of unbranched alkanes of at least 4 members (excludes halogenated alkanes) is 1. The van der Waals surface area contributed by atoms with Crippen LogP contribution in [-0.2, 0) is 30.3 Å². The van der Waals surface area contributed by atoms with Crippen LogP contribution in [0.1, 0.15) is 49.0 Å². The van der Waals surface area contributed by atoms with Crippen LogP contribution < -0.4 is 16.4 Å². The van der Waals surface area contributed by atoms with E-state index >= 15 is 0 Å². The molecular formula is C31H41BrN5O8PS. The number of halogens is 1. The summed E-state index contributed by atoms with van der Waals surface area (Å²) in [6.07, 6.45) is 4.18. The molecule has 0 radical (unpaired) electrons. The van der Waals surface area contributed by atoms with E-state index in [0.29, 0.717) is 24.1 Å². The molecule has 0 bridgehead atoms. The van der Waals surface area contributed by atoms with Crippen molar-refractivity contribution in [3.8, 4) is 0 Å². The molecule has 256 valence electrons. The van der Waals surface area contributed by atoms with Gasteiger partial charge in [0.15, 0.2) is 0 Å². The lowest BCUT2D eigenvalue weighted by atomic mass is 10.0. The average Bonchev–Trinajstić information content (AvgIpc) is 3.02. The molecule has 0 unspecified atom stereocenters. The number of nitrogens with zero attached hydrogens (tertiary/aromatic N) is 2. The minimum Gasteiger partial charge on any atom is -0.399 e. The number of aromatic nitrogens is 1. The van der Waals surface area contributed by atoms with Crippen molar-refractivity contribution >= 4 is 51.3 Å². The molecule has 2 atom stereocenters. The molecule has 47 heavy (non-hydrogen) atoms. The van der Waals surface area contributed by atoms with E-state index in [-0.39, 0.29) is 36.7 Å². The third-order valence-electron chi connectivity index (χ3n) is 7.08. The molecule has 0 aliphatic carbocycles. The molecule has 3 aromatic rings. The fraction of sp³-hybridized carbons (Fsp3) is 0.387. The van der Waals surface area contributed by atoms with Gasteiger partial charge in [0.25, 0.3) is 5.91 Å². The lowest BCUT2D eigenvalue weighted by molar-refractivity contribution is -0.122. The van der Waals surface area contributed by atoms with E-state index in [1.807, 2.05) is 38.1 Å². The number of phosphoric acid groups is 1. The van der Waals surface area contributed by atoms with E-state index in [2.05, 4.69) is 31.5 Å². The van der Waals surface area contributed by atoms with Gasteiger partial charge in [-0.1, -0.05) is 54.4 Å². The molecule has 0 spiro atoms. The monoisotopic (exact) mass is 753 g/mol. The van der Waals surface area contributed by atoms with E-state index in [0.717, 1.165) is 10.0 Å². The fourth-order valence-corrected chi connectivity index (χ4v) is 7.37. The number of rotatable bonds is 18. The van der Waals surface area contributed by atoms with Crippen LogP contribution >= 0.6 is 23.8 Å². The number of nitrogens with one attached hydrogen (secondary N) is 2. The highest BCUT2D eigenvalue weighted by molar-refractivity contribution is 9.10. The first-order valence-corrected chi connectivity index (χ1v) is 18.7. The molecule has 0 aliphatic rings. The van der Waals surface area contributed by atoms with Crippen LogP contribution in [-0.4, -0.2) is 71.1 Å². The largest absolute Gasteiger partial charge is 0.469 e. The summed E-state index contributed by atoms with van der Waals surface area (Å²) in [4.78, 5) is 48.9. The molecule has 1 aromatic heterocycles. The predicted octanol–water partition coefficient (Wildman–Crippen LogP) is 3.88. The van der Waals surface area contributed by atoms with Crippen LogP contribution in [0.3, 0.4) is 0 Å². The summed E-state index contributed by atoms with van der Waals surface area (Å²) in [6.45, 7) is 3.41. The Morgan fingerprint density at radius 3 is 2.32 bits per heavy atom. The molecule has 0 aliphatic heterocycles. The van der Waals surface area contributed by atoms with E-state index in [9.17, 15) is 32.4 Å². The Hall–Kier alpha value is -3.17. The average molecular weight is 755 g/mol. The number of benzene rings is 2. The topological polar surface area (TPSA) is 201 Å². The van der Waals surface area contributed by atoms with Gasteiger partial charge in [0.1, 0.15) is 6.04 Å². The maximum atomic E-state index is 13.7. The first-order chi connectivity index (χ1) is 22.2. The van der Waals surface area contributed by atoms with Gasteiger partial charge in [-0.3, -0.25) is 19.1 Å². The summed E-state index contributed by atoms with van der Waals surface area (Å²) >= 11 is 3.49. The van der Waals surface area contributed by atoms with E-state index < -0.39 is 48.4 Å². The summed E-state index contributed by atoms with van der Waals surface area (Å²) in [5.74, 6) is -0.948. The first-order valence-electron chi connectivity index (χ1n) is 15.0. The minimum absolute atomic E-state index is 0.00861. The van der Waals surface area contributed by atoms with Gasteiger partial charge < -0.3 is 26.2 Å². The van der Waals surface area contributed by atoms with Crippen molar-refractivity contribution in [1.82, 2.24) is 19.9 Å². The van der Waals surface area contributed by atoms with Gasteiger partial charge in [-0.25, -0.2) is 13.0 Å². The fourth-order valence-electron chi connectivity index (χ4n) is 4.75. The Morgan fingerprint density at radius 2 is 1.70 bits per heavy atom. The van der Waals surface area contributed by atoms with Gasteiger partial charge in [-0.15, -0.1) is 0 Å². The van der Waals surface area contributed by atoms with Gasteiger partial charge in [0, 0.05) is 53.7 Å². The summed E-state index contributed by atoms with van der Waals surface area (Å²) in [7, 11) is -8.98. The van der Waals surface area contributed by atoms with E-state index in [1.54, 1.807) is 12.1 Å². The SMILES string of the molecule is CC(C)CN([C@@H](CCCCNC(=O)[C@H](Cc1ccccc1Br)NC(=O)c1ccncc1)COP(=O)(O)O)S(=O)(=O)c1ccc(N)cc1. The zero-order chi connectivity index (χ0) is 34.6. The quantitative estimate of drug-likeness (QED) is 0.0721. The normalized spacial score (nSPS) is 13.3. The molecule has 3 rings (SSSR count). The highest BCUT2D eigenvalue weighted by Gasteiger charge is 2.33. The summed E-state index contributed by atoms with van der Waals surface area (Å²) in [5.41, 5.74) is 7.31. The summed E-state index contributed by atoms with van der Waals surface area (Å²) in [6, 6.07) is 14.4. The zero-order valence-electron chi connectivity index (χ0n) is 26.2. The van der Waals surface area contributed by atoms with Crippen molar-refractivity contribution in [2.75, 3.05) is 25.4 Å². The Morgan fingerprint density at radius 1 is 1.04 bits per heavy atom. The molecule has 0 saturated heterocycles. The molecule has 0 fully saturated rings. The standard InChI is InChI=1S/C31H41BrN5O8PS/c1-22(2)20-37(47(43,44)27-12-10-25(33)11-13-27)26(21-45-46(40,41)42)8-5-6-16-35-31(39)29(19-24-7-3-4-9-28(24)32)36-30(38)23-14-17-34-18-15-23/h3-4,7,9-15,17-18,22,26,29H,5-6,8,16,19-21,33H2,1-2H3,(H,35,39)(H,36,38)(H2,40,41,42)/t26-,29-/m0/s1. The van der Waals surface area contributed by atoms with Gasteiger partial charge in [-0.2, -0.15) is 4.31 Å². The number of anilines is 1. The molecule has 13 nitrogen and oxygen atoms in total. The van der Waals surface area contributed by atoms with Crippen LogP contribution in [0.5, 0.6) is 0 Å². The molecule has 0 saturated carbocycles. The predicted molar refractivity (Wildman–Crippen MR) is 182 cm³/mol. The number of amides is 2. The molecule has 2 aromatic carbocycles. The van der Waals surface area contributed by atoms with Crippen LogP contribution in [0.2, 0.25) is 0 Å². The number of pyridine rings is 1. The maximum Gasteiger partial charge on any atom is 0.469 e. The van der Waals surface area contributed by atoms with Crippen molar-refractivity contribution < 1.29 is 36.9 Å². The second kappa shape index (κ2) is 17.8. The van der Waals surface area contributed by atoms with Gasteiger partial charge in [0.2, 0.25) is 15.9 Å². The Balaban J connectivity index is 1.70. The Kier molecular flexibility index (Phi) is 14.5. The van der Waals surface area contributed by atoms with Crippen LogP contribution in [0, 0.1) is 5.92 Å². The summed E-state index contributed by atoms with van der Waals surface area (Å²) in [5, 5.41) is 5.65. The second-order valence-corrected chi connectivity index (χ2v) is 15.3. The second-order valence-electron chi connectivity index (χ2n) is 11.3. The first kappa shape index (κ1) is 38.3. The molecule has 16 heteroatoms. The lowest BCUT2D eigenvalue weighted by Gasteiger charge is -2.32. The summed E-state index contributed by atoms with van der Waals surface area (Å²) < 4.78 is 45.8. The molecule has 1 heterocycles. The smallest absolute Gasteiger partial charge is 0.399 e. The van der Waals surface area contributed by atoms with Crippen molar-refractivity contribution in [3.05, 3.63) is 88.7 Å².